The molecule has 0 saturated heterocycles. The number of nitrogens with zero attached hydrogens (tertiary/aromatic N) is 3. The lowest BCUT2D eigenvalue weighted by Crippen LogP contribution is -2.41. The highest BCUT2D eigenvalue weighted by Gasteiger charge is 2.23. The first-order chi connectivity index (χ1) is 15.7. The smallest absolute Gasteiger partial charge is 0.326 e. The van der Waals surface area contributed by atoms with E-state index in [4.69, 9.17) is 10.2 Å². The molecular weight excluding hydrogens is 454 g/mol. The molecule has 13 heteroatoms. The number of thiazole rings is 1. The molecule has 0 spiro atoms. The van der Waals surface area contributed by atoms with Crippen LogP contribution in [0.15, 0.2) is 29.2 Å². The first kappa shape index (κ1) is 23.8. The van der Waals surface area contributed by atoms with E-state index >= 15 is 0 Å². The fourth-order valence-corrected chi connectivity index (χ4v) is 3.83. The van der Waals surface area contributed by atoms with E-state index in [1.165, 1.54) is 6.20 Å². The zero-order valence-corrected chi connectivity index (χ0v) is 18.3. The van der Waals surface area contributed by atoms with Crippen LogP contribution < -0.4 is 15.8 Å². The summed E-state index contributed by atoms with van der Waals surface area (Å²) >= 11 is 1.04. The van der Waals surface area contributed by atoms with Crippen molar-refractivity contribution in [2.24, 2.45) is 0 Å². The Bertz CT molecular complexity index is 1260. The van der Waals surface area contributed by atoms with Gasteiger partial charge in [-0.2, -0.15) is 0 Å². The van der Waals surface area contributed by atoms with Gasteiger partial charge in [0.05, 0.1) is 17.1 Å². The topological polar surface area (TPSA) is 186 Å². The van der Waals surface area contributed by atoms with E-state index < -0.39 is 30.3 Å². The number of carboxylic acid groups (broad SMARTS) is 2. The monoisotopic (exact) mass is 475 g/mol. The molecule has 0 bridgehead atoms. The van der Waals surface area contributed by atoms with Crippen LogP contribution in [0.3, 0.4) is 0 Å². The second-order valence-electron chi connectivity index (χ2n) is 7.18. The Balaban J connectivity index is 1.70. The zero-order chi connectivity index (χ0) is 24.1. The number of aromatic amines is 1. The number of aliphatic hydroxyl groups is 1. The maximum atomic E-state index is 12.4. The standard InChI is InChI=1S/C20H21N5O7S/c1-25(8-10-2-3-12-11(6-10)17(29)24-14(9-26)22-12)15-7-21-19(33-15)18(30)23-13(20(31)32)4-5-16(27)28/h2-3,6-7,13,26H,4-5,8-9H2,1H3,(H,23,30)(H,27,28)(H,31,32)(H,22,24,29)/t13-/m1/s1. The highest BCUT2D eigenvalue weighted by Crippen LogP contribution is 2.24. The Labute approximate surface area is 190 Å². The molecule has 5 N–H and O–H groups in total. The number of fused-ring (bicyclic) bond motifs is 1. The molecular formula is C20H21N5O7S. The summed E-state index contributed by atoms with van der Waals surface area (Å²) < 4.78 is 0. The minimum atomic E-state index is -1.34. The van der Waals surface area contributed by atoms with Gasteiger partial charge in [0.25, 0.3) is 11.5 Å². The fourth-order valence-electron chi connectivity index (χ4n) is 3.05. The molecule has 0 unspecified atom stereocenters. The molecule has 0 radical (unpaired) electrons. The van der Waals surface area contributed by atoms with Crippen molar-refractivity contribution >= 4 is 45.1 Å². The summed E-state index contributed by atoms with van der Waals surface area (Å²) in [5.74, 6) is -3.01. The number of aliphatic carboxylic acids is 2. The highest BCUT2D eigenvalue weighted by atomic mass is 32.1. The third-order valence-electron chi connectivity index (χ3n) is 4.70. The minimum Gasteiger partial charge on any atom is -0.481 e. The van der Waals surface area contributed by atoms with Gasteiger partial charge in [-0.05, 0) is 24.1 Å². The number of aliphatic hydroxyl groups excluding tert-OH is 1. The largest absolute Gasteiger partial charge is 0.481 e. The van der Waals surface area contributed by atoms with Crippen LogP contribution in [0.5, 0.6) is 0 Å². The van der Waals surface area contributed by atoms with Crippen LogP contribution in [-0.2, 0) is 22.7 Å². The number of hydrogen-bond donors (Lipinski definition) is 5. The number of H-pyrrole nitrogens is 1. The lowest BCUT2D eigenvalue weighted by molar-refractivity contribution is -0.140. The lowest BCUT2D eigenvalue weighted by Gasteiger charge is -2.16. The average molecular weight is 475 g/mol. The highest BCUT2D eigenvalue weighted by molar-refractivity contribution is 7.17. The molecule has 3 aromatic rings. The molecule has 1 aromatic carbocycles. The van der Waals surface area contributed by atoms with E-state index in [1.807, 2.05) is 0 Å². The van der Waals surface area contributed by atoms with Gasteiger partial charge in [0.1, 0.15) is 23.5 Å². The Morgan fingerprint density at radius 2 is 2.03 bits per heavy atom. The third-order valence-corrected chi connectivity index (χ3v) is 5.81. The molecule has 0 saturated carbocycles. The molecule has 3 rings (SSSR count). The zero-order valence-electron chi connectivity index (χ0n) is 17.4. The Hall–Kier alpha value is -3.84. The Morgan fingerprint density at radius 1 is 1.27 bits per heavy atom. The van der Waals surface area contributed by atoms with Gasteiger partial charge in [0, 0.05) is 20.0 Å². The van der Waals surface area contributed by atoms with Crippen LogP contribution in [0.25, 0.3) is 10.9 Å². The van der Waals surface area contributed by atoms with Crippen molar-refractivity contribution in [2.45, 2.75) is 32.0 Å². The van der Waals surface area contributed by atoms with E-state index in [1.54, 1.807) is 30.1 Å². The second kappa shape index (κ2) is 10.2. The van der Waals surface area contributed by atoms with Crippen LogP contribution in [0, 0.1) is 0 Å². The summed E-state index contributed by atoms with van der Waals surface area (Å²) in [7, 11) is 1.77. The van der Waals surface area contributed by atoms with Crippen LogP contribution in [0.4, 0.5) is 5.00 Å². The summed E-state index contributed by atoms with van der Waals surface area (Å²) in [6.07, 6.45) is 0.828. The molecule has 0 aliphatic carbocycles. The third kappa shape index (κ3) is 5.90. The van der Waals surface area contributed by atoms with Crippen molar-refractivity contribution in [1.29, 1.82) is 0 Å². The molecule has 0 fully saturated rings. The number of nitrogens with one attached hydrogen (secondary N) is 2. The number of carbonyl (C=O) groups is 3. The Morgan fingerprint density at radius 3 is 2.70 bits per heavy atom. The van der Waals surface area contributed by atoms with Gasteiger partial charge in [-0.15, -0.1) is 0 Å². The first-order valence-corrected chi connectivity index (χ1v) is 10.5. The van der Waals surface area contributed by atoms with Crippen molar-refractivity contribution in [2.75, 3.05) is 11.9 Å². The van der Waals surface area contributed by atoms with Crippen LogP contribution in [0.2, 0.25) is 0 Å². The molecule has 174 valence electrons. The van der Waals surface area contributed by atoms with Crippen LogP contribution in [0.1, 0.15) is 34.0 Å². The van der Waals surface area contributed by atoms with Gasteiger partial charge in [-0.3, -0.25) is 14.4 Å². The van der Waals surface area contributed by atoms with E-state index in [9.17, 15) is 24.3 Å². The molecule has 33 heavy (non-hydrogen) atoms. The van der Waals surface area contributed by atoms with Gasteiger partial charge in [-0.25, -0.2) is 14.8 Å². The average Bonchev–Trinajstić information content (AvgIpc) is 3.27. The van der Waals surface area contributed by atoms with Gasteiger partial charge >= 0.3 is 11.9 Å². The van der Waals surface area contributed by atoms with Crippen molar-refractivity contribution < 1.29 is 29.7 Å². The van der Waals surface area contributed by atoms with Gasteiger partial charge in [0.2, 0.25) is 0 Å². The number of hydrogen-bond acceptors (Lipinski definition) is 9. The lowest BCUT2D eigenvalue weighted by atomic mass is 10.1. The fraction of sp³-hybridized carbons (Fsp3) is 0.300. The van der Waals surface area contributed by atoms with Gasteiger partial charge < -0.3 is 30.5 Å². The molecule has 0 aliphatic rings. The van der Waals surface area contributed by atoms with Gasteiger partial charge in [-0.1, -0.05) is 17.4 Å². The number of carboxylic acids is 2. The predicted molar refractivity (Wildman–Crippen MR) is 118 cm³/mol. The number of aromatic nitrogens is 3. The Kier molecular flexibility index (Phi) is 7.35. The maximum Gasteiger partial charge on any atom is 0.326 e. The predicted octanol–water partition coefficient (Wildman–Crippen LogP) is 0.556. The quantitative estimate of drug-likeness (QED) is 0.277. The molecule has 1 atom stereocenters. The van der Waals surface area contributed by atoms with Crippen molar-refractivity contribution in [3.63, 3.8) is 0 Å². The van der Waals surface area contributed by atoms with E-state index in [2.05, 4.69) is 20.3 Å². The number of benzene rings is 1. The number of amides is 1. The normalized spacial score (nSPS) is 11.8. The van der Waals surface area contributed by atoms with E-state index in [0.717, 1.165) is 16.9 Å². The number of rotatable bonds is 10. The number of anilines is 1. The van der Waals surface area contributed by atoms with E-state index in [-0.39, 0.29) is 29.4 Å². The minimum absolute atomic E-state index is 0.0362. The summed E-state index contributed by atoms with van der Waals surface area (Å²) in [4.78, 5) is 59.1. The van der Waals surface area contributed by atoms with Crippen LogP contribution in [-0.4, -0.2) is 61.2 Å². The van der Waals surface area contributed by atoms with Crippen molar-refractivity contribution in [3.8, 4) is 0 Å². The maximum absolute atomic E-state index is 12.4. The number of carbonyl (C=O) groups excluding carboxylic acids is 1. The van der Waals surface area contributed by atoms with Crippen LogP contribution >= 0.6 is 11.3 Å². The molecule has 0 aliphatic heterocycles. The summed E-state index contributed by atoms with van der Waals surface area (Å²) in [5, 5.41) is 30.4. The molecule has 1 amide bonds. The SMILES string of the molecule is CN(Cc1ccc2nc(CO)[nH]c(=O)c2c1)c1cnc(C(=O)N[C@H](CCC(=O)O)C(=O)O)s1. The summed E-state index contributed by atoms with van der Waals surface area (Å²) in [5.41, 5.74) is 0.899. The first-order valence-electron chi connectivity index (χ1n) is 9.73. The van der Waals surface area contributed by atoms with Crippen molar-refractivity contribution in [1.82, 2.24) is 20.3 Å². The van der Waals surface area contributed by atoms with E-state index in [0.29, 0.717) is 22.4 Å². The van der Waals surface area contributed by atoms with Crippen molar-refractivity contribution in [3.05, 3.63) is 51.1 Å². The molecule has 2 heterocycles. The summed E-state index contributed by atoms with van der Waals surface area (Å²) in [6.45, 7) is 0.0144. The molecule has 12 nitrogen and oxygen atoms in total. The molecule has 2 aromatic heterocycles. The second-order valence-corrected chi connectivity index (χ2v) is 8.19. The summed E-state index contributed by atoms with van der Waals surface area (Å²) in [6, 6.07) is 3.82. The van der Waals surface area contributed by atoms with Gasteiger partial charge in [0.15, 0.2) is 5.01 Å².